The van der Waals surface area contributed by atoms with Crippen molar-refractivity contribution in [1.29, 1.82) is 0 Å². The average molecular weight is 478 g/mol. The Labute approximate surface area is 202 Å². The molecule has 5 rings (SSSR count). The van der Waals surface area contributed by atoms with Gasteiger partial charge in [0.15, 0.2) is 0 Å². The second-order valence-electron chi connectivity index (χ2n) is 8.21. The number of aromatic nitrogens is 3. The van der Waals surface area contributed by atoms with E-state index in [-0.39, 0.29) is 18.0 Å². The topological polar surface area (TPSA) is 83.4 Å². The third kappa shape index (κ3) is 4.81. The van der Waals surface area contributed by atoms with E-state index in [1.165, 1.54) is 0 Å². The van der Waals surface area contributed by atoms with Crippen LogP contribution in [-0.2, 0) is 14.3 Å². The highest BCUT2D eigenvalue weighted by Crippen LogP contribution is 2.31. The maximum Gasteiger partial charge on any atom is 0.309 e. The van der Waals surface area contributed by atoms with E-state index in [1.807, 2.05) is 43.3 Å². The van der Waals surface area contributed by atoms with Crippen LogP contribution in [0.4, 0.5) is 0 Å². The largest absolute Gasteiger partial charge is 0.491 e. The average Bonchev–Trinajstić information content (AvgIpc) is 2.82. The fraction of sp³-hybridized carbons (Fsp3) is 0.308. The Morgan fingerprint density at radius 2 is 1.91 bits per heavy atom. The smallest absolute Gasteiger partial charge is 0.309 e. The summed E-state index contributed by atoms with van der Waals surface area (Å²) < 4.78 is 16.7. The summed E-state index contributed by atoms with van der Waals surface area (Å²) in [5.74, 6) is 0.576. The molecule has 0 atom stereocenters. The van der Waals surface area contributed by atoms with E-state index in [2.05, 4.69) is 15.0 Å². The summed E-state index contributed by atoms with van der Waals surface area (Å²) >= 11 is 6.11. The van der Waals surface area contributed by atoms with Gasteiger partial charge in [-0.25, -0.2) is 4.98 Å². The Balaban J connectivity index is 1.20. The third-order valence-electron chi connectivity index (χ3n) is 5.92. The molecule has 4 aromatic rings. The van der Waals surface area contributed by atoms with Gasteiger partial charge in [0.05, 0.1) is 42.0 Å². The molecule has 0 amide bonds. The van der Waals surface area contributed by atoms with E-state index in [1.54, 1.807) is 18.5 Å². The third-order valence-corrected chi connectivity index (χ3v) is 6.13. The summed E-state index contributed by atoms with van der Waals surface area (Å²) in [6.45, 7) is 3.13. The van der Waals surface area contributed by atoms with Crippen LogP contribution in [0.3, 0.4) is 0 Å². The number of pyridine rings is 3. The molecule has 1 aromatic carbocycles. The summed E-state index contributed by atoms with van der Waals surface area (Å²) in [5, 5.41) is 2.37. The van der Waals surface area contributed by atoms with Crippen LogP contribution in [0.25, 0.3) is 33.1 Å². The first-order chi connectivity index (χ1) is 16.6. The van der Waals surface area contributed by atoms with E-state index in [4.69, 9.17) is 25.8 Å². The highest BCUT2D eigenvalue weighted by atomic mass is 35.5. The Morgan fingerprint density at radius 3 is 2.76 bits per heavy atom. The van der Waals surface area contributed by atoms with Crippen LogP contribution < -0.4 is 4.74 Å². The minimum Gasteiger partial charge on any atom is -0.491 e. The fourth-order valence-corrected chi connectivity index (χ4v) is 4.23. The van der Waals surface area contributed by atoms with Gasteiger partial charge in [-0.15, -0.1) is 0 Å². The lowest BCUT2D eigenvalue weighted by atomic mass is 9.82. The van der Waals surface area contributed by atoms with E-state index in [0.29, 0.717) is 37.8 Å². The van der Waals surface area contributed by atoms with Crippen molar-refractivity contribution in [3.05, 3.63) is 60.0 Å². The van der Waals surface area contributed by atoms with Crippen molar-refractivity contribution in [3.63, 3.8) is 0 Å². The standard InChI is InChI=1S/C26H24ClN3O4/c1-2-32-26(31)18-12-21(13-18)34-10-9-33-20-5-3-17-11-19(15-29-22(17)14-20)24-25-16(7-8-28-24)4-6-23(27)30-25/h3-8,11,14-15,18,21H,2,9-10,12-13H2,1H3. The number of esters is 1. The molecule has 0 unspecified atom stereocenters. The predicted octanol–water partition coefficient (Wildman–Crippen LogP) is 5.24. The number of nitrogens with zero attached hydrogens (tertiary/aromatic N) is 3. The number of ether oxygens (including phenoxy) is 3. The van der Waals surface area contributed by atoms with Crippen molar-refractivity contribution in [3.8, 4) is 17.0 Å². The minimum atomic E-state index is -0.123. The van der Waals surface area contributed by atoms with Crippen LogP contribution in [0.15, 0.2) is 54.9 Å². The molecule has 0 radical (unpaired) electrons. The van der Waals surface area contributed by atoms with Crippen LogP contribution >= 0.6 is 11.6 Å². The van der Waals surface area contributed by atoms with Crippen LogP contribution in [0, 0.1) is 5.92 Å². The summed E-state index contributed by atoms with van der Waals surface area (Å²) in [5.41, 5.74) is 3.19. The van der Waals surface area contributed by atoms with Gasteiger partial charge in [0.25, 0.3) is 0 Å². The Kier molecular flexibility index (Phi) is 6.56. The van der Waals surface area contributed by atoms with Crippen molar-refractivity contribution in [2.45, 2.75) is 25.9 Å². The first-order valence-corrected chi connectivity index (χ1v) is 11.7. The normalized spacial score (nSPS) is 17.5. The minimum absolute atomic E-state index is 0.0286. The predicted molar refractivity (Wildman–Crippen MR) is 130 cm³/mol. The van der Waals surface area contributed by atoms with Crippen molar-refractivity contribution in [1.82, 2.24) is 15.0 Å². The molecule has 0 spiro atoms. The monoisotopic (exact) mass is 477 g/mol. The number of hydrogen-bond donors (Lipinski definition) is 0. The van der Waals surface area contributed by atoms with Crippen LogP contribution in [-0.4, -0.2) is 46.8 Å². The van der Waals surface area contributed by atoms with E-state index >= 15 is 0 Å². The SMILES string of the molecule is CCOC(=O)C1CC(OCCOc2ccc3cc(-c4nccc5ccc(Cl)nc45)cnc3c2)C1. The molecule has 34 heavy (non-hydrogen) atoms. The molecule has 1 aliphatic carbocycles. The molecular weight excluding hydrogens is 454 g/mol. The second kappa shape index (κ2) is 9.91. The van der Waals surface area contributed by atoms with Crippen LogP contribution in [0.1, 0.15) is 19.8 Å². The summed E-state index contributed by atoms with van der Waals surface area (Å²) in [6, 6.07) is 13.4. The Bertz CT molecular complexity index is 1340. The number of hydrogen-bond acceptors (Lipinski definition) is 7. The fourth-order valence-electron chi connectivity index (χ4n) is 4.08. The molecule has 1 fully saturated rings. The lowest BCUT2D eigenvalue weighted by Gasteiger charge is -2.33. The van der Waals surface area contributed by atoms with Crippen molar-refractivity contribution >= 4 is 39.4 Å². The van der Waals surface area contributed by atoms with Gasteiger partial charge in [0.2, 0.25) is 0 Å². The quantitative estimate of drug-likeness (QED) is 0.195. The molecule has 0 saturated heterocycles. The molecule has 8 heteroatoms. The lowest BCUT2D eigenvalue weighted by molar-refractivity contribution is -0.157. The number of halogens is 1. The highest BCUT2D eigenvalue weighted by Gasteiger charge is 2.36. The summed E-state index contributed by atoms with van der Waals surface area (Å²) in [7, 11) is 0. The maximum absolute atomic E-state index is 11.6. The van der Waals surface area contributed by atoms with Gasteiger partial charge in [-0.05, 0) is 56.2 Å². The Hall–Kier alpha value is -3.29. The van der Waals surface area contributed by atoms with Gasteiger partial charge in [-0.2, -0.15) is 0 Å². The molecule has 174 valence electrons. The molecular formula is C26H24ClN3O4. The van der Waals surface area contributed by atoms with Crippen LogP contribution in [0.5, 0.6) is 5.75 Å². The molecule has 0 bridgehead atoms. The zero-order chi connectivity index (χ0) is 23.5. The summed E-state index contributed by atoms with van der Waals surface area (Å²) in [4.78, 5) is 25.2. The van der Waals surface area contributed by atoms with Crippen molar-refractivity contribution in [2.75, 3.05) is 19.8 Å². The first-order valence-electron chi connectivity index (χ1n) is 11.3. The maximum atomic E-state index is 11.6. The van der Waals surface area contributed by atoms with Crippen molar-refractivity contribution in [2.24, 2.45) is 5.92 Å². The molecule has 3 heterocycles. The van der Waals surface area contributed by atoms with E-state index in [9.17, 15) is 4.79 Å². The zero-order valence-corrected chi connectivity index (χ0v) is 19.5. The van der Waals surface area contributed by atoms with E-state index < -0.39 is 0 Å². The highest BCUT2D eigenvalue weighted by molar-refractivity contribution is 6.29. The van der Waals surface area contributed by atoms with Crippen molar-refractivity contribution < 1.29 is 19.0 Å². The van der Waals surface area contributed by atoms with Gasteiger partial charge in [0.1, 0.15) is 17.5 Å². The molecule has 7 nitrogen and oxygen atoms in total. The zero-order valence-electron chi connectivity index (χ0n) is 18.7. The van der Waals surface area contributed by atoms with Gasteiger partial charge in [0, 0.05) is 34.8 Å². The second-order valence-corrected chi connectivity index (χ2v) is 8.59. The van der Waals surface area contributed by atoms with Gasteiger partial charge >= 0.3 is 5.97 Å². The summed E-state index contributed by atoms with van der Waals surface area (Å²) in [6.07, 6.45) is 5.08. The lowest BCUT2D eigenvalue weighted by Crippen LogP contribution is -2.38. The number of carbonyl (C=O) groups is 1. The molecule has 0 aliphatic heterocycles. The van der Waals surface area contributed by atoms with Crippen LogP contribution in [0.2, 0.25) is 5.15 Å². The van der Waals surface area contributed by atoms with Gasteiger partial charge < -0.3 is 14.2 Å². The number of rotatable bonds is 8. The Morgan fingerprint density at radius 1 is 1.06 bits per heavy atom. The first kappa shape index (κ1) is 22.5. The number of fused-ring (bicyclic) bond motifs is 2. The molecule has 1 saturated carbocycles. The molecule has 1 aliphatic rings. The van der Waals surface area contributed by atoms with Gasteiger partial charge in [-0.3, -0.25) is 14.8 Å². The van der Waals surface area contributed by atoms with E-state index in [0.717, 1.165) is 38.8 Å². The number of carbonyl (C=O) groups excluding carboxylic acids is 1. The number of benzene rings is 1. The van der Waals surface area contributed by atoms with Gasteiger partial charge in [-0.1, -0.05) is 11.6 Å². The molecule has 3 aromatic heterocycles. The molecule has 0 N–H and O–H groups in total.